The number of carbonyl (C=O) groups excluding carboxylic acids is 5. The van der Waals surface area contributed by atoms with Gasteiger partial charge in [-0.15, -0.1) is 5.06 Å². The van der Waals surface area contributed by atoms with Crippen molar-refractivity contribution in [3.05, 3.63) is 36.4 Å². The first kappa shape index (κ1) is 28.9. The van der Waals surface area contributed by atoms with Gasteiger partial charge in [-0.3, -0.25) is 19.2 Å². The minimum absolute atomic E-state index is 0.0527. The fraction of sp³-hybridized carbons (Fsp3) is 0.480. The molecule has 0 radical (unpaired) electrons. The summed E-state index contributed by atoms with van der Waals surface area (Å²) in [5.74, 6) is -1.89. The lowest BCUT2D eigenvalue weighted by molar-refractivity contribution is -0.198. The number of ether oxygens (including phenoxy) is 5. The van der Waals surface area contributed by atoms with Crippen molar-refractivity contribution in [3.63, 3.8) is 0 Å². The third-order valence-corrected chi connectivity index (χ3v) is 5.17. The van der Waals surface area contributed by atoms with Crippen molar-refractivity contribution in [1.29, 1.82) is 0 Å². The molecule has 2 aliphatic rings. The second-order valence-corrected chi connectivity index (χ2v) is 7.93. The van der Waals surface area contributed by atoms with E-state index in [-0.39, 0.29) is 44.3 Å². The lowest BCUT2D eigenvalue weighted by Gasteiger charge is -2.14. The maximum atomic E-state index is 11.7. The number of imide groups is 2. The molecule has 0 unspecified atom stereocenters. The molecule has 0 atom stereocenters. The minimum Gasteiger partial charge on any atom is -0.491 e. The second-order valence-electron chi connectivity index (χ2n) is 7.93. The molecule has 1 aromatic rings. The van der Waals surface area contributed by atoms with Crippen LogP contribution in [-0.4, -0.2) is 94.1 Å². The maximum Gasteiger partial charge on any atom is 0.335 e. The van der Waals surface area contributed by atoms with Crippen LogP contribution in [-0.2, 0) is 47.8 Å². The van der Waals surface area contributed by atoms with Crippen LogP contribution < -0.4 is 9.64 Å². The number of rotatable bonds is 18. The van der Waals surface area contributed by atoms with Gasteiger partial charge in [-0.1, -0.05) is 0 Å². The first-order chi connectivity index (χ1) is 18.5. The summed E-state index contributed by atoms with van der Waals surface area (Å²) >= 11 is 0. The lowest BCUT2D eigenvalue weighted by atomic mass is 10.3. The van der Waals surface area contributed by atoms with E-state index in [0.29, 0.717) is 62.7 Å². The average Bonchev–Trinajstić information content (AvgIpc) is 3.41. The highest BCUT2D eigenvalue weighted by Gasteiger charge is 2.32. The van der Waals surface area contributed by atoms with Crippen LogP contribution in [0.4, 0.5) is 5.69 Å². The van der Waals surface area contributed by atoms with Crippen LogP contribution in [0.1, 0.15) is 19.3 Å². The Morgan fingerprint density at radius 1 is 0.658 bits per heavy atom. The molecular weight excluding hydrogens is 504 g/mol. The summed E-state index contributed by atoms with van der Waals surface area (Å²) in [6.45, 7) is 2.90. The van der Waals surface area contributed by atoms with E-state index in [0.717, 1.165) is 4.90 Å². The van der Waals surface area contributed by atoms with Crippen molar-refractivity contribution in [2.45, 2.75) is 19.3 Å². The van der Waals surface area contributed by atoms with E-state index in [4.69, 9.17) is 28.5 Å². The van der Waals surface area contributed by atoms with Crippen LogP contribution in [0, 0.1) is 0 Å². The molecule has 2 heterocycles. The molecule has 0 bridgehead atoms. The molecule has 206 valence electrons. The number of nitrogens with zero attached hydrogens (tertiary/aromatic N) is 2. The summed E-state index contributed by atoms with van der Waals surface area (Å²) in [5.41, 5.74) is 0.483. The normalized spacial score (nSPS) is 15.2. The summed E-state index contributed by atoms with van der Waals surface area (Å²) in [7, 11) is 0. The van der Waals surface area contributed by atoms with Crippen molar-refractivity contribution < 1.29 is 52.5 Å². The summed E-state index contributed by atoms with van der Waals surface area (Å²) in [6, 6.07) is 6.64. The molecule has 0 aromatic heterocycles. The average molecular weight is 535 g/mol. The fourth-order valence-electron chi connectivity index (χ4n) is 3.29. The summed E-state index contributed by atoms with van der Waals surface area (Å²) in [4.78, 5) is 63.5. The highest BCUT2D eigenvalue weighted by atomic mass is 16.7. The van der Waals surface area contributed by atoms with Crippen molar-refractivity contribution in [2.75, 3.05) is 64.4 Å². The van der Waals surface area contributed by atoms with Gasteiger partial charge in [-0.05, 0) is 24.3 Å². The first-order valence-corrected chi connectivity index (χ1v) is 12.1. The second kappa shape index (κ2) is 15.6. The summed E-state index contributed by atoms with van der Waals surface area (Å²) in [6.07, 6.45) is 2.49. The molecule has 13 nitrogen and oxygen atoms in total. The monoisotopic (exact) mass is 534 g/mol. The third-order valence-electron chi connectivity index (χ3n) is 5.17. The van der Waals surface area contributed by atoms with Crippen LogP contribution in [0.15, 0.2) is 36.4 Å². The van der Waals surface area contributed by atoms with Gasteiger partial charge in [-0.2, -0.15) is 0 Å². The van der Waals surface area contributed by atoms with Gasteiger partial charge < -0.3 is 28.5 Å². The zero-order chi connectivity index (χ0) is 27.2. The van der Waals surface area contributed by atoms with Gasteiger partial charge in [0.25, 0.3) is 23.6 Å². The minimum atomic E-state index is -0.710. The predicted molar refractivity (Wildman–Crippen MR) is 129 cm³/mol. The van der Waals surface area contributed by atoms with E-state index in [2.05, 4.69) is 0 Å². The largest absolute Gasteiger partial charge is 0.491 e. The Kier molecular flexibility index (Phi) is 11.8. The number of carbonyl (C=O) groups is 5. The molecule has 1 fully saturated rings. The van der Waals surface area contributed by atoms with E-state index < -0.39 is 17.8 Å². The van der Waals surface area contributed by atoms with Gasteiger partial charge >= 0.3 is 5.97 Å². The van der Waals surface area contributed by atoms with Gasteiger partial charge in [0, 0.05) is 25.0 Å². The van der Waals surface area contributed by atoms with Gasteiger partial charge in [0.05, 0.1) is 65.0 Å². The Labute approximate surface area is 219 Å². The fourth-order valence-corrected chi connectivity index (χ4v) is 3.29. The number of hydrogen-bond acceptors (Lipinski definition) is 11. The summed E-state index contributed by atoms with van der Waals surface area (Å²) in [5, 5.41) is 0.509. The molecule has 0 N–H and O–H groups in total. The molecule has 1 aromatic carbocycles. The SMILES string of the molecule is O=C(CCOCCOCCOCCOCCOc1ccc(N2C(=O)C=CC2=O)cc1)ON1C(=O)CCC1=O. The highest BCUT2D eigenvalue weighted by Crippen LogP contribution is 2.22. The molecule has 2 aliphatic heterocycles. The Bertz CT molecular complexity index is 975. The standard InChI is InChI=1S/C25H30N2O11/c28-21-5-6-22(29)26(21)19-1-3-20(4-2-19)37-18-17-36-16-15-35-14-13-34-12-11-33-10-9-25(32)38-27-23(30)7-8-24(27)31/h1-6H,7-18H2. The third kappa shape index (κ3) is 9.34. The Morgan fingerprint density at radius 3 is 1.66 bits per heavy atom. The highest BCUT2D eigenvalue weighted by molar-refractivity contribution is 6.28. The van der Waals surface area contributed by atoms with E-state index in [1.807, 2.05) is 0 Å². The Hall–Kier alpha value is -3.65. The van der Waals surface area contributed by atoms with Gasteiger partial charge in [0.1, 0.15) is 12.4 Å². The first-order valence-electron chi connectivity index (χ1n) is 12.1. The number of hydrogen-bond donors (Lipinski definition) is 0. The van der Waals surface area contributed by atoms with Gasteiger partial charge in [-0.25, -0.2) is 9.69 Å². The topological polar surface area (TPSA) is 147 Å². The summed E-state index contributed by atoms with van der Waals surface area (Å²) < 4.78 is 27.0. The molecule has 13 heteroatoms. The number of benzene rings is 1. The smallest absolute Gasteiger partial charge is 0.335 e. The zero-order valence-electron chi connectivity index (χ0n) is 20.8. The molecule has 0 spiro atoms. The van der Waals surface area contributed by atoms with E-state index in [1.54, 1.807) is 24.3 Å². The van der Waals surface area contributed by atoms with Crippen LogP contribution in [0.25, 0.3) is 0 Å². The van der Waals surface area contributed by atoms with Gasteiger partial charge in [0.2, 0.25) is 0 Å². The Balaban J connectivity index is 1.07. The molecule has 38 heavy (non-hydrogen) atoms. The quantitative estimate of drug-likeness (QED) is 0.192. The van der Waals surface area contributed by atoms with E-state index in [9.17, 15) is 24.0 Å². The van der Waals surface area contributed by atoms with Crippen LogP contribution >= 0.6 is 0 Å². The van der Waals surface area contributed by atoms with Crippen LogP contribution in [0.3, 0.4) is 0 Å². The molecule has 3 rings (SSSR count). The molecular formula is C25H30N2O11. The maximum absolute atomic E-state index is 11.7. The lowest BCUT2D eigenvalue weighted by Crippen LogP contribution is -2.32. The van der Waals surface area contributed by atoms with Gasteiger partial charge in [0.15, 0.2) is 0 Å². The predicted octanol–water partition coefficient (Wildman–Crippen LogP) is 0.559. The number of amides is 4. The van der Waals surface area contributed by atoms with Crippen molar-refractivity contribution >= 4 is 35.3 Å². The van der Waals surface area contributed by atoms with Crippen molar-refractivity contribution in [1.82, 2.24) is 5.06 Å². The van der Waals surface area contributed by atoms with Crippen molar-refractivity contribution in [2.24, 2.45) is 0 Å². The molecule has 4 amide bonds. The van der Waals surface area contributed by atoms with E-state index >= 15 is 0 Å². The zero-order valence-corrected chi connectivity index (χ0v) is 20.8. The van der Waals surface area contributed by atoms with Crippen LogP contribution in [0.5, 0.6) is 5.75 Å². The Morgan fingerprint density at radius 2 is 1.13 bits per heavy atom. The number of hydroxylamine groups is 2. The molecule has 0 saturated carbocycles. The molecule has 0 aliphatic carbocycles. The van der Waals surface area contributed by atoms with E-state index in [1.165, 1.54) is 12.2 Å². The number of anilines is 1. The van der Waals surface area contributed by atoms with Crippen LogP contribution in [0.2, 0.25) is 0 Å². The molecule has 1 saturated heterocycles. The van der Waals surface area contributed by atoms with Crippen molar-refractivity contribution in [3.8, 4) is 5.75 Å².